The minimum atomic E-state index is 0.0313. The zero-order chi connectivity index (χ0) is 8.44. The quantitative estimate of drug-likeness (QED) is 0.547. The van der Waals surface area contributed by atoms with Crippen molar-refractivity contribution in [1.29, 1.82) is 0 Å². The van der Waals surface area contributed by atoms with Gasteiger partial charge in [0.1, 0.15) is 0 Å². The lowest BCUT2D eigenvalue weighted by Crippen LogP contribution is -2.57. The molecule has 0 radical (unpaired) electrons. The Bertz CT molecular complexity index is 146. The average Bonchev–Trinajstić information content (AvgIpc) is 2.12. The third kappa shape index (κ3) is 1.37. The van der Waals surface area contributed by atoms with Crippen molar-refractivity contribution in [3.05, 3.63) is 0 Å². The van der Waals surface area contributed by atoms with Crippen LogP contribution in [-0.4, -0.2) is 31.3 Å². The molecule has 0 aliphatic carbocycles. The van der Waals surface area contributed by atoms with Gasteiger partial charge in [-0.25, -0.2) is 0 Å². The summed E-state index contributed by atoms with van der Waals surface area (Å²) >= 11 is 0. The Morgan fingerprint density at radius 2 is 2.08 bits per heavy atom. The van der Waals surface area contributed by atoms with E-state index in [0.29, 0.717) is 0 Å². The van der Waals surface area contributed by atoms with Gasteiger partial charge in [0.15, 0.2) is 0 Å². The van der Waals surface area contributed by atoms with Gasteiger partial charge in [0.2, 0.25) is 0 Å². The Labute approximate surface area is 73.7 Å². The second-order valence-electron chi connectivity index (χ2n) is 3.91. The number of rotatable bonds is 0. The molecule has 0 aromatic rings. The Kier molecular flexibility index (Phi) is 2.35. The van der Waals surface area contributed by atoms with Crippen LogP contribution in [0.5, 0.6) is 0 Å². The summed E-state index contributed by atoms with van der Waals surface area (Å²) in [5.74, 6) is 0. The average molecular weight is 170 g/mol. The van der Waals surface area contributed by atoms with E-state index >= 15 is 0 Å². The van der Waals surface area contributed by atoms with Gasteiger partial charge in [0, 0.05) is 12.6 Å². The molecule has 2 rings (SSSR count). The van der Waals surface area contributed by atoms with Gasteiger partial charge >= 0.3 is 0 Å². The Morgan fingerprint density at radius 3 is 2.75 bits per heavy atom. The highest BCUT2D eigenvalue weighted by Crippen LogP contribution is 2.31. The molecule has 1 spiro atoms. The van der Waals surface area contributed by atoms with Crippen LogP contribution in [0.3, 0.4) is 0 Å². The second-order valence-corrected chi connectivity index (χ2v) is 3.91. The first-order valence-corrected chi connectivity index (χ1v) is 4.94. The van der Waals surface area contributed by atoms with Gasteiger partial charge in [-0.1, -0.05) is 0 Å². The second kappa shape index (κ2) is 3.32. The maximum absolute atomic E-state index is 6.09. The van der Waals surface area contributed by atoms with Gasteiger partial charge in [-0.05, 0) is 38.8 Å². The zero-order valence-electron chi connectivity index (χ0n) is 7.51. The molecule has 12 heavy (non-hydrogen) atoms. The van der Waals surface area contributed by atoms with Crippen LogP contribution in [0, 0.1) is 0 Å². The molecule has 70 valence electrons. The third-order valence-electron chi connectivity index (χ3n) is 3.17. The summed E-state index contributed by atoms with van der Waals surface area (Å²) in [5.41, 5.74) is 6.12. The summed E-state index contributed by atoms with van der Waals surface area (Å²) in [6.07, 6.45) is 4.46. The predicted octanol–water partition coefficient (Wildman–Crippen LogP) is 0.246. The van der Waals surface area contributed by atoms with E-state index in [9.17, 15) is 0 Å². The SMILES string of the molecule is N[C@@H]1CCCOC12CCNCC2. The molecule has 2 fully saturated rings. The first kappa shape index (κ1) is 8.48. The van der Waals surface area contributed by atoms with Crippen LogP contribution >= 0.6 is 0 Å². The molecule has 0 amide bonds. The highest BCUT2D eigenvalue weighted by molar-refractivity contribution is 4.96. The number of hydrogen-bond acceptors (Lipinski definition) is 3. The summed E-state index contributed by atoms with van der Waals surface area (Å²) in [4.78, 5) is 0. The number of hydrogen-bond donors (Lipinski definition) is 2. The Hall–Kier alpha value is -0.120. The van der Waals surface area contributed by atoms with E-state index in [2.05, 4.69) is 5.32 Å². The molecule has 3 N–H and O–H groups in total. The fourth-order valence-corrected chi connectivity index (χ4v) is 2.31. The van der Waals surface area contributed by atoms with Crippen molar-refractivity contribution in [3.8, 4) is 0 Å². The van der Waals surface area contributed by atoms with Crippen LogP contribution in [0.15, 0.2) is 0 Å². The van der Waals surface area contributed by atoms with Crippen LogP contribution in [0.25, 0.3) is 0 Å². The molecular formula is C9H18N2O. The lowest BCUT2D eigenvalue weighted by atomic mass is 9.81. The smallest absolute Gasteiger partial charge is 0.0856 e. The maximum atomic E-state index is 6.09. The summed E-state index contributed by atoms with van der Waals surface area (Å²) in [6.45, 7) is 3.04. The minimum absolute atomic E-state index is 0.0313. The van der Waals surface area contributed by atoms with Crippen molar-refractivity contribution in [3.63, 3.8) is 0 Å². The maximum Gasteiger partial charge on any atom is 0.0856 e. The molecular weight excluding hydrogens is 152 g/mol. The van der Waals surface area contributed by atoms with Crippen LogP contribution < -0.4 is 11.1 Å². The number of ether oxygens (including phenoxy) is 1. The van der Waals surface area contributed by atoms with Crippen molar-refractivity contribution >= 4 is 0 Å². The minimum Gasteiger partial charge on any atom is -0.373 e. The number of nitrogens with two attached hydrogens (primary N) is 1. The Morgan fingerprint density at radius 1 is 1.33 bits per heavy atom. The van der Waals surface area contributed by atoms with Crippen LogP contribution in [0.2, 0.25) is 0 Å². The fraction of sp³-hybridized carbons (Fsp3) is 1.00. The highest BCUT2D eigenvalue weighted by Gasteiger charge is 2.40. The molecule has 0 unspecified atom stereocenters. The molecule has 2 saturated heterocycles. The normalized spacial score (nSPS) is 35.2. The van der Waals surface area contributed by atoms with E-state index in [1.54, 1.807) is 0 Å². The molecule has 0 aromatic carbocycles. The van der Waals surface area contributed by atoms with E-state index in [4.69, 9.17) is 10.5 Å². The zero-order valence-corrected chi connectivity index (χ0v) is 7.51. The standard InChI is InChI=1S/C9H18N2O/c10-8-2-1-7-12-9(8)3-5-11-6-4-9/h8,11H,1-7,10H2/t8-/m1/s1. The molecule has 3 nitrogen and oxygen atoms in total. The molecule has 1 atom stereocenters. The molecule has 0 saturated carbocycles. The van der Waals surface area contributed by atoms with Crippen molar-refractivity contribution in [2.45, 2.75) is 37.3 Å². The van der Waals surface area contributed by atoms with Crippen molar-refractivity contribution in [1.82, 2.24) is 5.32 Å². The molecule has 2 heterocycles. The first-order chi connectivity index (χ1) is 5.83. The van der Waals surface area contributed by atoms with Gasteiger partial charge in [-0.15, -0.1) is 0 Å². The summed E-state index contributed by atoms with van der Waals surface area (Å²) in [5, 5.41) is 3.34. The summed E-state index contributed by atoms with van der Waals surface area (Å²) in [6, 6.07) is 0.272. The first-order valence-electron chi connectivity index (χ1n) is 4.94. The summed E-state index contributed by atoms with van der Waals surface area (Å²) < 4.78 is 5.85. The van der Waals surface area contributed by atoms with Crippen LogP contribution in [0.1, 0.15) is 25.7 Å². The lowest BCUT2D eigenvalue weighted by molar-refractivity contribution is -0.108. The number of nitrogens with one attached hydrogen (secondary N) is 1. The molecule has 0 aromatic heterocycles. The van der Waals surface area contributed by atoms with E-state index in [-0.39, 0.29) is 11.6 Å². The largest absolute Gasteiger partial charge is 0.373 e. The van der Waals surface area contributed by atoms with Gasteiger partial charge in [-0.3, -0.25) is 0 Å². The van der Waals surface area contributed by atoms with Crippen LogP contribution in [-0.2, 0) is 4.74 Å². The Balaban J connectivity index is 2.04. The number of piperidine rings is 1. The molecule has 3 heteroatoms. The van der Waals surface area contributed by atoms with Crippen molar-refractivity contribution in [2.24, 2.45) is 5.73 Å². The third-order valence-corrected chi connectivity index (χ3v) is 3.17. The molecule has 0 bridgehead atoms. The van der Waals surface area contributed by atoms with E-state index in [1.165, 1.54) is 0 Å². The fourth-order valence-electron chi connectivity index (χ4n) is 2.31. The topological polar surface area (TPSA) is 47.3 Å². The van der Waals surface area contributed by atoms with Gasteiger partial charge in [0.05, 0.1) is 5.60 Å². The summed E-state index contributed by atoms with van der Waals surface area (Å²) in [7, 11) is 0. The molecule has 2 aliphatic heterocycles. The van der Waals surface area contributed by atoms with E-state index in [0.717, 1.165) is 45.4 Å². The van der Waals surface area contributed by atoms with Crippen molar-refractivity contribution < 1.29 is 4.74 Å². The van der Waals surface area contributed by atoms with E-state index in [1.807, 2.05) is 0 Å². The van der Waals surface area contributed by atoms with Gasteiger partial charge in [0.25, 0.3) is 0 Å². The predicted molar refractivity (Wildman–Crippen MR) is 48.0 cm³/mol. The van der Waals surface area contributed by atoms with E-state index < -0.39 is 0 Å². The van der Waals surface area contributed by atoms with Crippen LogP contribution in [0.4, 0.5) is 0 Å². The monoisotopic (exact) mass is 170 g/mol. The van der Waals surface area contributed by atoms with Crippen molar-refractivity contribution in [2.75, 3.05) is 19.7 Å². The lowest BCUT2D eigenvalue weighted by Gasteiger charge is -2.45. The highest BCUT2D eigenvalue weighted by atomic mass is 16.5. The molecule has 2 aliphatic rings. The van der Waals surface area contributed by atoms with Gasteiger partial charge < -0.3 is 15.8 Å². The van der Waals surface area contributed by atoms with Gasteiger partial charge in [-0.2, -0.15) is 0 Å².